The number of hydrogen-bond acceptors (Lipinski definition) is 3. The molecule has 1 N–H and O–H groups in total. The van der Waals surface area contributed by atoms with Crippen molar-refractivity contribution in [3.05, 3.63) is 60.2 Å². The van der Waals surface area contributed by atoms with Crippen LogP contribution in [0.3, 0.4) is 0 Å². The molecule has 0 radical (unpaired) electrons. The zero-order valence-corrected chi connectivity index (χ0v) is 22.0. The van der Waals surface area contributed by atoms with E-state index in [1.807, 2.05) is 23.7 Å². The second-order valence-electron chi connectivity index (χ2n) is 8.31. The van der Waals surface area contributed by atoms with E-state index >= 15 is 0 Å². The number of nitrogens with zero attached hydrogens (tertiary/aromatic N) is 3. The zero-order chi connectivity index (χ0) is 21.6. The summed E-state index contributed by atoms with van der Waals surface area (Å²) in [4.78, 5) is 22.2. The van der Waals surface area contributed by atoms with Crippen molar-refractivity contribution in [3.8, 4) is 0 Å². The topological polar surface area (TPSA) is 47.9 Å². The van der Waals surface area contributed by atoms with Gasteiger partial charge in [0.15, 0.2) is 5.96 Å². The summed E-state index contributed by atoms with van der Waals surface area (Å²) < 4.78 is 0. The van der Waals surface area contributed by atoms with Crippen LogP contribution in [0.2, 0.25) is 0 Å². The molecular weight excluding hydrogens is 531 g/mol. The Morgan fingerprint density at radius 1 is 1.19 bits per heavy atom. The predicted octanol–water partition coefficient (Wildman–Crippen LogP) is 4.98. The lowest BCUT2D eigenvalue weighted by Crippen LogP contribution is -2.43. The number of fused-ring (bicyclic) bond motifs is 1. The lowest BCUT2D eigenvalue weighted by atomic mass is 9.98. The van der Waals surface area contributed by atoms with Gasteiger partial charge in [-0.1, -0.05) is 43.3 Å². The molecule has 2 heterocycles. The van der Waals surface area contributed by atoms with E-state index in [4.69, 9.17) is 0 Å². The fourth-order valence-corrected chi connectivity index (χ4v) is 5.44. The number of carbonyl (C=O) groups is 1. The molecule has 0 aliphatic carbocycles. The Balaban J connectivity index is 0.00000289. The summed E-state index contributed by atoms with van der Waals surface area (Å²) in [7, 11) is 1.86. The minimum Gasteiger partial charge on any atom is -0.355 e. The highest BCUT2D eigenvalue weighted by Gasteiger charge is 2.32. The first-order chi connectivity index (χ1) is 15.2. The quantitative estimate of drug-likeness (QED) is 0.223. The van der Waals surface area contributed by atoms with Gasteiger partial charge in [-0.3, -0.25) is 9.79 Å². The van der Waals surface area contributed by atoms with Crippen molar-refractivity contribution in [2.24, 2.45) is 4.99 Å². The number of amides is 1. The van der Waals surface area contributed by atoms with Crippen LogP contribution < -0.4 is 10.2 Å². The molecule has 172 valence electrons. The number of benzene rings is 2. The van der Waals surface area contributed by atoms with Crippen molar-refractivity contribution in [1.82, 2.24) is 10.2 Å². The average Bonchev–Trinajstić information content (AvgIpc) is 3.37. The Hall–Kier alpha value is -1.74. The Kier molecular flexibility index (Phi) is 9.28. The number of para-hydroxylation sites is 1. The number of thioether (sulfide) groups is 1. The molecule has 1 fully saturated rings. The van der Waals surface area contributed by atoms with Crippen LogP contribution in [0, 0.1) is 0 Å². The Bertz CT molecular complexity index is 923. The fraction of sp³-hybridized carbons (Fsp3) is 0.440. The molecule has 7 heteroatoms. The minimum absolute atomic E-state index is 0. The average molecular weight is 565 g/mol. The minimum atomic E-state index is 0. The van der Waals surface area contributed by atoms with E-state index in [9.17, 15) is 4.79 Å². The van der Waals surface area contributed by atoms with Gasteiger partial charge in [-0.15, -0.1) is 35.7 Å². The number of likely N-dealkylation sites (tertiary alicyclic amines) is 1. The van der Waals surface area contributed by atoms with E-state index in [0.29, 0.717) is 23.5 Å². The van der Waals surface area contributed by atoms with Crippen LogP contribution in [-0.4, -0.2) is 55.2 Å². The highest BCUT2D eigenvalue weighted by Crippen LogP contribution is 2.38. The molecule has 2 unspecified atom stereocenters. The number of guanidine groups is 1. The first-order valence-electron chi connectivity index (χ1n) is 11.2. The molecule has 1 saturated heterocycles. The molecule has 2 aromatic rings. The van der Waals surface area contributed by atoms with Gasteiger partial charge in [0.1, 0.15) is 0 Å². The normalized spacial score (nSPS) is 19.0. The van der Waals surface area contributed by atoms with E-state index in [0.717, 1.165) is 45.0 Å². The third-order valence-electron chi connectivity index (χ3n) is 6.08. The first kappa shape index (κ1) is 24.9. The summed E-state index contributed by atoms with van der Waals surface area (Å²) in [5.41, 5.74) is 2.60. The summed E-state index contributed by atoms with van der Waals surface area (Å²) >= 11 is 1.87. The molecule has 2 aliphatic heterocycles. The highest BCUT2D eigenvalue weighted by atomic mass is 127. The van der Waals surface area contributed by atoms with E-state index in [1.165, 1.54) is 16.1 Å². The van der Waals surface area contributed by atoms with E-state index in [2.05, 4.69) is 76.7 Å². The number of anilines is 1. The molecular formula is C25H33IN4OS. The van der Waals surface area contributed by atoms with Gasteiger partial charge in [0.25, 0.3) is 0 Å². The maximum atomic E-state index is 12.0. The van der Waals surface area contributed by atoms with E-state index in [-0.39, 0.29) is 24.0 Å². The molecule has 4 rings (SSSR count). The van der Waals surface area contributed by atoms with Crippen LogP contribution in [0.5, 0.6) is 0 Å². The van der Waals surface area contributed by atoms with Gasteiger partial charge in [0.05, 0.1) is 0 Å². The fourth-order valence-electron chi connectivity index (χ4n) is 4.50. The van der Waals surface area contributed by atoms with Gasteiger partial charge in [0, 0.05) is 61.4 Å². The molecule has 32 heavy (non-hydrogen) atoms. The van der Waals surface area contributed by atoms with Gasteiger partial charge in [0.2, 0.25) is 5.91 Å². The largest absolute Gasteiger partial charge is 0.355 e. The molecule has 5 nitrogen and oxygen atoms in total. The van der Waals surface area contributed by atoms with E-state index in [1.54, 1.807) is 0 Å². The molecule has 2 aromatic carbocycles. The Morgan fingerprint density at radius 3 is 2.66 bits per heavy atom. The van der Waals surface area contributed by atoms with Gasteiger partial charge >= 0.3 is 0 Å². The SMILES string of the molecule is CN=C(NCC(C)Sc1ccccc1)N1CC(CCN2CCCC2=O)c2ccccc21.I. The third-order valence-corrected chi connectivity index (χ3v) is 7.20. The number of carbonyl (C=O) groups excluding carboxylic acids is 1. The summed E-state index contributed by atoms with van der Waals surface area (Å²) in [5.74, 6) is 1.65. The van der Waals surface area contributed by atoms with Crippen LogP contribution in [0.1, 0.15) is 37.7 Å². The molecule has 0 spiro atoms. The number of aliphatic imine (C=N–C) groups is 1. The third kappa shape index (κ3) is 5.98. The van der Waals surface area contributed by atoms with Gasteiger partial charge in [-0.05, 0) is 36.6 Å². The molecule has 0 bridgehead atoms. The van der Waals surface area contributed by atoms with Gasteiger partial charge in [-0.2, -0.15) is 0 Å². The lowest BCUT2D eigenvalue weighted by Gasteiger charge is -2.24. The van der Waals surface area contributed by atoms with Crippen LogP contribution >= 0.6 is 35.7 Å². The Labute approximate surface area is 213 Å². The van der Waals surface area contributed by atoms with Crippen LogP contribution in [0.25, 0.3) is 0 Å². The van der Waals surface area contributed by atoms with Gasteiger partial charge < -0.3 is 15.1 Å². The number of halogens is 1. The zero-order valence-electron chi connectivity index (χ0n) is 18.9. The van der Waals surface area contributed by atoms with Crippen molar-refractivity contribution in [3.63, 3.8) is 0 Å². The number of nitrogens with one attached hydrogen (secondary N) is 1. The van der Waals surface area contributed by atoms with Crippen molar-refractivity contribution in [2.75, 3.05) is 38.1 Å². The van der Waals surface area contributed by atoms with Crippen molar-refractivity contribution < 1.29 is 4.79 Å². The molecule has 2 atom stereocenters. The maximum Gasteiger partial charge on any atom is 0.222 e. The molecule has 0 saturated carbocycles. The molecule has 1 amide bonds. The summed E-state index contributed by atoms with van der Waals surface area (Å²) in [6, 6.07) is 19.2. The first-order valence-corrected chi connectivity index (χ1v) is 12.1. The molecule has 2 aliphatic rings. The standard InChI is InChI=1S/C25H32N4OS.HI/c1-19(31-21-9-4-3-5-10-21)17-27-25(26-2)29-18-20(22-11-6-7-12-23(22)29)14-16-28-15-8-13-24(28)30;/h3-7,9-12,19-20H,8,13-18H2,1-2H3,(H,26,27);1H. The smallest absolute Gasteiger partial charge is 0.222 e. The summed E-state index contributed by atoms with van der Waals surface area (Å²) in [5, 5.41) is 4.01. The van der Waals surface area contributed by atoms with Crippen LogP contribution in [-0.2, 0) is 4.79 Å². The number of rotatable bonds is 7. The maximum absolute atomic E-state index is 12.0. The lowest BCUT2D eigenvalue weighted by molar-refractivity contribution is -0.127. The monoisotopic (exact) mass is 564 g/mol. The summed E-state index contributed by atoms with van der Waals surface area (Å²) in [6.07, 6.45) is 2.71. The highest BCUT2D eigenvalue weighted by molar-refractivity contribution is 14.0. The van der Waals surface area contributed by atoms with Crippen molar-refractivity contribution in [1.29, 1.82) is 0 Å². The predicted molar refractivity (Wildman–Crippen MR) is 145 cm³/mol. The van der Waals surface area contributed by atoms with Crippen molar-refractivity contribution in [2.45, 2.75) is 42.2 Å². The summed E-state index contributed by atoms with van der Waals surface area (Å²) in [6.45, 7) is 5.75. The van der Waals surface area contributed by atoms with Crippen LogP contribution in [0.4, 0.5) is 5.69 Å². The van der Waals surface area contributed by atoms with E-state index < -0.39 is 0 Å². The number of hydrogen-bond donors (Lipinski definition) is 1. The van der Waals surface area contributed by atoms with Crippen molar-refractivity contribution >= 4 is 53.3 Å². The molecule has 0 aromatic heterocycles. The Morgan fingerprint density at radius 2 is 1.94 bits per heavy atom. The second-order valence-corrected chi connectivity index (χ2v) is 9.82. The second kappa shape index (κ2) is 11.9. The van der Waals surface area contributed by atoms with Gasteiger partial charge in [-0.25, -0.2) is 0 Å². The van der Waals surface area contributed by atoms with Crippen LogP contribution in [0.15, 0.2) is 64.5 Å².